The third kappa shape index (κ3) is 4.08. The van der Waals surface area contributed by atoms with Gasteiger partial charge in [-0.25, -0.2) is 0 Å². The number of rotatable bonds is 4. The lowest BCUT2D eigenvalue weighted by Crippen LogP contribution is -2.54. The van der Waals surface area contributed by atoms with Crippen LogP contribution < -0.4 is 4.74 Å². The standard InChI is InChI=1S/C19H27NO4/c1-15-5-2-3-6-17(15)24-14-19(22)9-4-10-20(13-19)18(21)16-7-11-23-12-8-16/h2-3,5-6,16,22H,4,7-14H2,1H3/t19-/m0/s1. The minimum absolute atomic E-state index is 0.0402. The van der Waals surface area contributed by atoms with E-state index in [0.717, 1.165) is 37.1 Å². The zero-order valence-electron chi connectivity index (χ0n) is 14.4. The van der Waals surface area contributed by atoms with Crippen molar-refractivity contribution < 1.29 is 19.4 Å². The Labute approximate surface area is 143 Å². The Hall–Kier alpha value is -1.59. The first-order valence-electron chi connectivity index (χ1n) is 8.85. The molecule has 2 fully saturated rings. The molecule has 0 bridgehead atoms. The average Bonchev–Trinajstić information content (AvgIpc) is 2.61. The van der Waals surface area contributed by atoms with Crippen molar-refractivity contribution in [1.82, 2.24) is 4.90 Å². The molecule has 0 unspecified atom stereocenters. The zero-order chi connectivity index (χ0) is 17.0. The molecule has 5 heteroatoms. The molecule has 1 amide bonds. The van der Waals surface area contributed by atoms with E-state index in [1.165, 1.54) is 0 Å². The van der Waals surface area contributed by atoms with Crippen molar-refractivity contribution in [2.45, 2.75) is 38.2 Å². The second kappa shape index (κ2) is 7.53. The third-order valence-electron chi connectivity index (χ3n) is 5.03. The number of para-hydroxylation sites is 1. The summed E-state index contributed by atoms with van der Waals surface area (Å²) in [5, 5.41) is 10.9. The topological polar surface area (TPSA) is 59.0 Å². The van der Waals surface area contributed by atoms with E-state index in [1.807, 2.05) is 36.1 Å². The van der Waals surface area contributed by atoms with E-state index in [0.29, 0.717) is 26.2 Å². The fourth-order valence-electron chi connectivity index (χ4n) is 3.55. The van der Waals surface area contributed by atoms with Gasteiger partial charge in [0, 0.05) is 25.7 Å². The fourth-order valence-corrected chi connectivity index (χ4v) is 3.55. The zero-order valence-corrected chi connectivity index (χ0v) is 14.4. The predicted octanol–water partition coefficient (Wildman–Crippen LogP) is 2.15. The van der Waals surface area contributed by atoms with Crippen LogP contribution >= 0.6 is 0 Å². The number of benzene rings is 1. The van der Waals surface area contributed by atoms with E-state index in [-0.39, 0.29) is 18.4 Å². The van der Waals surface area contributed by atoms with Gasteiger partial charge in [0.05, 0.1) is 6.54 Å². The van der Waals surface area contributed by atoms with Gasteiger partial charge in [0.15, 0.2) is 0 Å². The van der Waals surface area contributed by atoms with Gasteiger partial charge in [-0.1, -0.05) is 18.2 Å². The fraction of sp³-hybridized carbons (Fsp3) is 0.632. The van der Waals surface area contributed by atoms with Gasteiger partial charge in [0.25, 0.3) is 0 Å². The number of ether oxygens (including phenoxy) is 2. The molecule has 3 rings (SSSR count). The molecule has 1 N–H and O–H groups in total. The van der Waals surface area contributed by atoms with E-state index in [9.17, 15) is 9.90 Å². The van der Waals surface area contributed by atoms with Crippen molar-refractivity contribution in [3.63, 3.8) is 0 Å². The number of hydrogen-bond donors (Lipinski definition) is 1. The van der Waals surface area contributed by atoms with Crippen molar-refractivity contribution in [3.8, 4) is 5.75 Å². The van der Waals surface area contributed by atoms with Crippen molar-refractivity contribution in [2.75, 3.05) is 32.9 Å². The average molecular weight is 333 g/mol. The minimum atomic E-state index is -0.971. The molecule has 1 atom stereocenters. The molecule has 0 radical (unpaired) electrons. The van der Waals surface area contributed by atoms with Gasteiger partial charge in [-0.05, 0) is 44.2 Å². The summed E-state index contributed by atoms with van der Waals surface area (Å²) in [5.74, 6) is 0.990. The van der Waals surface area contributed by atoms with Gasteiger partial charge < -0.3 is 19.5 Å². The normalized spacial score (nSPS) is 25.5. The molecule has 2 aliphatic rings. The highest BCUT2D eigenvalue weighted by molar-refractivity contribution is 5.79. The molecule has 0 aliphatic carbocycles. The van der Waals surface area contributed by atoms with Crippen LogP contribution in [0.25, 0.3) is 0 Å². The molecule has 24 heavy (non-hydrogen) atoms. The number of β-amino-alcohol motifs (C(OH)–C–C–N with tert-alkyl or cyclic N) is 1. The van der Waals surface area contributed by atoms with Crippen LogP contribution in [-0.4, -0.2) is 54.4 Å². The highest BCUT2D eigenvalue weighted by atomic mass is 16.5. The lowest BCUT2D eigenvalue weighted by Gasteiger charge is -2.40. The van der Waals surface area contributed by atoms with Crippen LogP contribution in [0.2, 0.25) is 0 Å². The summed E-state index contributed by atoms with van der Waals surface area (Å²) in [5.41, 5.74) is 0.0773. The number of carbonyl (C=O) groups excluding carboxylic acids is 1. The van der Waals surface area contributed by atoms with Gasteiger partial charge in [-0.3, -0.25) is 4.79 Å². The number of hydrogen-bond acceptors (Lipinski definition) is 4. The second-order valence-corrected chi connectivity index (χ2v) is 7.03. The van der Waals surface area contributed by atoms with E-state index in [2.05, 4.69) is 0 Å². The van der Waals surface area contributed by atoms with Gasteiger partial charge >= 0.3 is 0 Å². The highest BCUT2D eigenvalue weighted by Crippen LogP contribution is 2.27. The monoisotopic (exact) mass is 333 g/mol. The maximum atomic E-state index is 12.7. The largest absolute Gasteiger partial charge is 0.490 e. The minimum Gasteiger partial charge on any atom is -0.490 e. The van der Waals surface area contributed by atoms with Crippen LogP contribution in [0, 0.1) is 12.8 Å². The van der Waals surface area contributed by atoms with Crippen LogP contribution in [0.3, 0.4) is 0 Å². The Morgan fingerprint density at radius 1 is 1.38 bits per heavy atom. The Morgan fingerprint density at radius 3 is 2.88 bits per heavy atom. The Bertz CT molecular complexity index is 570. The van der Waals surface area contributed by atoms with Crippen LogP contribution in [0.15, 0.2) is 24.3 Å². The van der Waals surface area contributed by atoms with E-state index in [1.54, 1.807) is 0 Å². The molecular formula is C19H27NO4. The predicted molar refractivity (Wildman–Crippen MR) is 91.0 cm³/mol. The molecule has 2 saturated heterocycles. The molecule has 1 aromatic rings. The lowest BCUT2D eigenvalue weighted by atomic mass is 9.91. The van der Waals surface area contributed by atoms with Gasteiger partial charge in [-0.15, -0.1) is 0 Å². The third-order valence-corrected chi connectivity index (χ3v) is 5.03. The van der Waals surface area contributed by atoms with Crippen LogP contribution in [0.5, 0.6) is 5.75 Å². The summed E-state index contributed by atoms with van der Waals surface area (Å²) in [6.07, 6.45) is 3.04. The summed E-state index contributed by atoms with van der Waals surface area (Å²) >= 11 is 0. The van der Waals surface area contributed by atoms with Gasteiger partial charge in [0.1, 0.15) is 18.0 Å². The van der Waals surface area contributed by atoms with Crippen LogP contribution in [0.4, 0.5) is 0 Å². The number of likely N-dealkylation sites (tertiary alicyclic amines) is 1. The lowest BCUT2D eigenvalue weighted by molar-refractivity contribution is -0.147. The van der Waals surface area contributed by atoms with Crippen molar-refractivity contribution >= 4 is 5.91 Å². The molecule has 132 valence electrons. The van der Waals surface area contributed by atoms with Crippen molar-refractivity contribution in [1.29, 1.82) is 0 Å². The Kier molecular flexibility index (Phi) is 5.41. The maximum Gasteiger partial charge on any atom is 0.225 e. The van der Waals surface area contributed by atoms with Crippen LogP contribution in [0.1, 0.15) is 31.2 Å². The van der Waals surface area contributed by atoms with Gasteiger partial charge in [-0.2, -0.15) is 0 Å². The Balaban J connectivity index is 1.59. The molecule has 5 nitrogen and oxygen atoms in total. The first-order valence-corrected chi connectivity index (χ1v) is 8.85. The quantitative estimate of drug-likeness (QED) is 0.917. The first-order chi connectivity index (χ1) is 11.6. The summed E-state index contributed by atoms with van der Waals surface area (Å²) < 4.78 is 11.2. The maximum absolute atomic E-state index is 12.7. The first kappa shape index (κ1) is 17.2. The van der Waals surface area contributed by atoms with E-state index >= 15 is 0 Å². The van der Waals surface area contributed by atoms with E-state index in [4.69, 9.17) is 9.47 Å². The molecule has 0 aromatic heterocycles. The molecule has 1 aromatic carbocycles. The molecular weight excluding hydrogens is 306 g/mol. The summed E-state index contributed by atoms with van der Waals surface area (Å²) in [7, 11) is 0. The highest BCUT2D eigenvalue weighted by Gasteiger charge is 2.38. The molecule has 0 saturated carbocycles. The smallest absolute Gasteiger partial charge is 0.225 e. The molecule has 2 aliphatic heterocycles. The summed E-state index contributed by atoms with van der Waals surface area (Å²) in [4.78, 5) is 14.5. The molecule has 2 heterocycles. The number of aryl methyl sites for hydroxylation is 1. The summed E-state index contributed by atoms with van der Waals surface area (Å²) in [6.45, 7) is 4.60. The molecule has 0 spiro atoms. The number of nitrogens with zero attached hydrogens (tertiary/aromatic N) is 1. The van der Waals surface area contributed by atoms with Crippen molar-refractivity contribution in [3.05, 3.63) is 29.8 Å². The Morgan fingerprint density at radius 2 is 2.12 bits per heavy atom. The summed E-state index contributed by atoms with van der Waals surface area (Å²) in [6, 6.07) is 7.79. The number of aliphatic hydroxyl groups is 1. The SMILES string of the molecule is Cc1ccccc1OC[C@]1(O)CCCN(C(=O)C2CCOCC2)C1. The number of amides is 1. The van der Waals surface area contributed by atoms with E-state index < -0.39 is 5.60 Å². The number of carbonyl (C=O) groups is 1. The second-order valence-electron chi connectivity index (χ2n) is 7.03. The number of piperidine rings is 1. The van der Waals surface area contributed by atoms with Crippen molar-refractivity contribution in [2.24, 2.45) is 5.92 Å². The van der Waals surface area contributed by atoms with Gasteiger partial charge in [0.2, 0.25) is 5.91 Å². The van der Waals surface area contributed by atoms with Crippen LogP contribution in [-0.2, 0) is 9.53 Å².